The van der Waals surface area contributed by atoms with Crippen molar-refractivity contribution in [1.29, 1.82) is 0 Å². The fourth-order valence-corrected chi connectivity index (χ4v) is 0.974. The fraction of sp³-hybridized carbons (Fsp3) is 0.500. The second-order valence-electron chi connectivity index (χ2n) is 2.66. The van der Waals surface area contributed by atoms with Crippen LogP contribution in [0.3, 0.4) is 0 Å². The van der Waals surface area contributed by atoms with E-state index in [0.717, 1.165) is 5.32 Å². The lowest BCUT2D eigenvalue weighted by atomic mass is 10.1. The number of nitrogens with one attached hydrogen (secondary N) is 2. The van der Waals surface area contributed by atoms with Crippen LogP contribution in [0.15, 0.2) is 11.3 Å². The van der Waals surface area contributed by atoms with Crippen molar-refractivity contribution in [3.8, 4) is 0 Å². The van der Waals surface area contributed by atoms with E-state index >= 15 is 0 Å². The Morgan fingerprint density at radius 2 is 1.53 bits per heavy atom. The van der Waals surface area contributed by atoms with E-state index in [0.29, 0.717) is 0 Å². The van der Waals surface area contributed by atoms with Gasteiger partial charge in [-0.05, 0) is 0 Å². The summed E-state index contributed by atoms with van der Waals surface area (Å²) in [5.41, 5.74) is -3.90. The Bertz CT molecular complexity index is 315. The van der Waals surface area contributed by atoms with E-state index in [1.165, 1.54) is 0 Å². The normalized spacial score (nSPS) is 18.7. The Kier molecular flexibility index (Phi) is 2.58. The van der Waals surface area contributed by atoms with Gasteiger partial charge in [0.2, 0.25) is 0 Å². The summed E-state index contributed by atoms with van der Waals surface area (Å²) in [6.07, 6.45) is -10.4. The number of alkyl halides is 6. The number of urea groups is 1. The summed E-state index contributed by atoms with van der Waals surface area (Å²) in [5, 5.41) is 2.71. The zero-order valence-corrected chi connectivity index (χ0v) is 6.88. The van der Waals surface area contributed by atoms with Gasteiger partial charge in [0.25, 0.3) is 0 Å². The maximum Gasteiger partial charge on any atom is 0.431 e. The summed E-state index contributed by atoms with van der Waals surface area (Å²) in [4.78, 5) is 10.5. The molecule has 0 aromatic rings. The van der Waals surface area contributed by atoms with Gasteiger partial charge in [-0.25, -0.2) is 4.79 Å². The average molecular weight is 234 g/mol. The number of allylic oxidation sites excluding steroid dienone is 1. The van der Waals surface area contributed by atoms with Crippen LogP contribution in [0.4, 0.5) is 31.1 Å². The molecule has 2 N–H and O–H groups in total. The minimum Gasteiger partial charge on any atom is -0.334 e. The molecular formula is C6H4F6N2O. The lowest BCUT2D eigenvalue weighted by Gasteiger charge is -2.24. The molecule has 9 heteroatoms. The van der Waals surface area contributed by atoms with Gasteiger partial charge in [-0.3, -0.25) is 0 Å². The number of carbonyl (C=O) groups excluding carboxylic acids is 1. The summed E-state index contributed by atoms with van der Waals surface area (Å²) < 4.78 is 72.6. The van der Waals surface area contributed by atoms with Crippen LogP contribution in [0.2, 0.25) is 0 Å². The van der Waals surface area contributed by atoms with Crippen LogP contribution in [-0.4, -0.2) is 24.9 Å². The van der Waals surface area contributed by atoms with Crippen molar-refractivity contribution in [1.82, 2.24) is 10.6 Å². The fourth-order valence-electron chi connectivity index (χ4n) is 0.974. The minimum atomic E-state index is -5.23. The van der Waals surface area contributed by atoms with E-state index in [1.807, 2.05) is 0 Å². The van der Waals surface area contributed by atoms with Crippen LogP contribution in [0.1, 0.15) is 0 Å². The maximum atomic E-state index is 12.1. The van der Waals surface area contributed by atoms with Crippen LogP contribution in [0, 0.1) is 0 Å². The summed E-state index contributed by atoms with van der Waals surface area (Å²) in [5.74, 6) is 0. The number of halogens is 6. The van der Waals surface area contributed by atoms with Gasteiger partial charge in [0.1, 0.15) is 5.70 Å². The predicted octanol–water partition coefficient (Wildman–Crippen LogP) is 1.68. The molecule has 0 saturated carbocycles. The highest BCUT2D eigenvalue weighted by Gasteiger charge is 2.47. The standard InChI is InChI=1S/C6H4F6N2O/c7-5(8,9)2-1-13-4(15)14-3(2)6(10,11)12/h1H2,(H2,13,14,15). The first-order chi connectivity index (χ1) is 6.62. The highest BCUT2D eigenvalue weighted by molar-refractivity contribution is 5.78. The first kappa shape index (κ1) is 11.7. The van der Waals surface area contributed by atoms with Crippen LogP contribution >= 0.6 is 0 Å². The Balaban J connectivity index is 3.19. The van der Waals surface area contributed by atoms with E-state index in [2.05, 4.69) is 0 Å². The Morgan fingerprint density at radius 1 is 1.00 bits per heavy atom. The quantitative estimate of drug-likeness (QED) is 0.615. The summed E-state index contributed by atoms with van der Waals surface area (Å²) in [6, 6.07) is -1.31. The van der Waals surface area contributed by atoms with Crippen molar-refractivity contribution >= 4 is 6.03 Å². The minimum absolute atomic E-state index is 1.10. The van der Waals surface area contributed by atoms with Gasteiger partial charge in [-0.1, -0.05) is 0 Å². The predicted molar refractivity (Wildman–Crippen MR) is 35.7 cm³/mol. The third kappa shape index (κ3) is 2.54. The van der Waals surface area contributed by atoms with Crippen LogP contribution < -0.4 is 10.6 Å². The second kappa shape index (κ2) is 3.31. The molecule has 0 unspecified atom stereocenters. The van der Waals surface area contributed by atoms with Gasteiger partial charge < -0.3 is 10.6 Å². The van der Waals surface area contributed by atoms with Crippen LogP contribution in [-0.2, 0) is 0 Å². The molecular weight excluding hydrogens is 230 g/mol. The molecule has 0 fully saturated rings. The smallest absolute Gasteiger partial charge is 0.334 e. The van der Waals surface area contributed by atoms with Crippen molar-refractivity contribution in [2.24, 2.45) is 0 Å². The molecule has 1 aliphatic heterocycles. The van der Waals surface area contributed by atoms with E-state index in [1.54, 1.807) is 5.32 Å². The summed E-state index contributed by atoms with van der Waals surface area (Å²) >= 11 is 0. The molecule has 0 spiro atoms. The SMILES string of the molecule is O=C1NCC(C(F)(F)F)=C(C(F)(F)F)N1. The Hall–Kier alpha value is -1.41. The first-order valence-electron chi connectivity index (χ1n) is 3.55. The molecule has 2 amide bonds. The monoisotopic (exact) mass is 234 g/mol. The van der Waals surface area contributed by atoms with Crippen molar-refractivity contribution in [2.45, 2.75) is 12.4 Å². The topological polar surface area (TPSA) is 41.1 Å². The number of amides is 2. The number of rotatable bonds is 0. The second-order valence-corrected chi connectivity index (χ2v) is 2.66. The lowest BCUT2D eigenvalue weighted by Crippen LogP contribution is -2.48. The van der Waals surface area contributed by atoms with Gasteiger partial charge in [0.05, 0.1) is 12.1 Å². The van der Waals surface area contributed by atoms with Gasteiger partial charge in [-0.2, -0.15) is 26.3 Å². The third-order valence-corrected chi connectivity index (χ3v) is 1.59. The maximum absolute atomic E-state index is 12.1. The molecule has 0 saturated heterocycles. The van der Waals surface area contributed by atoms with Crippen molar-refractivity contribution < 1.29 is 31.1 Å². The molecule has 1 rings (SSSR count). The Labute approximate surface area is 79.1 Å². The van der Waals surface area contributed by atoms with Gasteiger partial charge >= 0.3 is 18.4 Å². The average Bonchev–Trinajstić information content (AvgIpc) is 2.00. The number of carbonyl (C=O) groups is 1. The molecule has 86 valence electrons. The molecule has 3 nitrogen and oxygen atoms in total. The molecule has 0 aliphatic carbocycles. The van der Waals surface area contributed by atoms with Gasteiger partial charge in [0, 0.05) is 0 Å². The molecule has 15 heavy (non-hydrogen) atoms. The zero-order chi connectivity index (χ0) is 11.9. The largest absolute Gasteiger partial charge is 0.431 e. The third-order valence-electron chi connectivity index (χ3n) is 1.59. The molecule has 1 aliphatic rings. The molecule has 0 aromatic carbocycles. The zero-order valence-electron chi connectivity index (χ0n) is 6.88. The molecule has 0 atom stereocenters. The van der Waals surface area contributed by atoms with E-state index in [9.17, 15) is 31.1 Å². The summed E-state index contributed by atoms with van der Waals surface area (Å²) in [7, 11) is 0. The molecule has 0 radical (unpaired) electrons. The highest BCUT2D eigenvalue weighted by Crippen LogP contribution is 2.35. The molecule has 0 aromatic heterocycles. The van der Waals surface area contributed by atoms with E-state index in [-0.39, 0.29) is 0 Å². The van der Waals surface area contributed by atoms with Crippen LogP contribution in [0.25, 0.3) is 0 Å². The van der Waals surface area contributed by atoms with E-state index in [4.69, 9.17) is 0 Å². The molecule has 1 heterocycles. The first-order valence-corrected chi connectivity index (χ1v) is 3.55. The number of hydrogen-bond acceptors (Lipinski definition) is 1. The Morgan fingerprint density at radius 3 is 1.93 bits per heavy atom. The number of hydrogen-bond donors (Lipinski definition) is 2. The van der Waals surface area contributed by atoms with Gasteiger partial charge in [0.15, 0.2) is 0 Å². The van der Waals surface area contributed by atoms with Crippen molar-refractivity contribution in [2.75, 3.05) is 6.54 Å². The van der Waals surface area contributed by atoms with Crippen LogP contribution in [0.5, 0.6) is 0 Å². The highest BCUT2D eigenvalue weighted by atomic mass is 19.4. The van der Waals surface area contributed by atoms with Crippen molar-refractivity contribution in [3.05, 3.63) is 11.3 Å². The van der Waals surface area contributed by atoms with E-state index < -0.39 is 36.2 Å². The van der Waals surface area contributed by atoms with Crippen molar-refractivity contribution in [3.63, 3.8) is 0 Å². The molecule has 0 bridgehead atoms. The summed E-state index contributed by atoms with van der Waals surface area (Å²) in [6.45, 7) is -1.19. The van der Waals surface area contributed by atoms with Gasteiger partial charge in [-0.15, -0.1) is 0 Å². The lowest BCUT2D eigenvalue weighted by molar-refractivity contribution is -0.120.